The highest BCUT2D eigenvalue weighted by molar-refractivity contribution is 6.30. The second-order valence-electron chi connectivity index (χ2n) is 7.25. The molecule has 1 unspecified atom stereocenters. The van der Waals surface area contributed by atoms with Crippen molar-refractivity contribution in [2.24, 2.45) is 0 Å². The summed E-state index contributed by atoms with van der Waals surface area (Å²) in [5.74, 6) is 0.600. The van der Waals surface area contributed by atoms with Crippen LogP contribution in [-0.4, -0.2) is 17.5 Å². The second-order valence-corrected chi connectivity index (χ2v) is 7.69. The molecule has 0 aliphatic carbocycles. The van der Waals surface area contributed by atoms with Crippen LogP contribution in [0.4, 0.5) is 5.82 Å². The Morgan fingerprint density at radius 2 is 1.88 bits per heavy atom. The van der Waals surface area contributed by atoms with Crippen molar-refractivity contribution in [2.75, 3.05) is 11.5 Å². The number of para-hydroxylation sites is 1. The summed E-state index contributed by atoms with van der Waals surface area (Å²) < 4.78 is 11.5. The van der Waals surface area contributed by atoms with E-state index in [-0.39, 0.29) is 16.8 Å². The molecule has 0 spiro atoms. The lowest BCUT2D eigenvalue weighted by molar-refractivity contribution is 0.0970. The molecule has 2 aromatic heterocycles. The van der Waals surface area contributed by atoms with E-state index in [0.29, 0.717) is 34.2 Å². The Morgan fingerprint density at radius 1 is 1.09 bits per heavy atom. The maximum absolute atomic E-state index is 13.5. The van der Waals surface area contributed by atoms with E-state index in [1.54, 1.807) is 54.6 Å². The quantitative estimate of drug-likeness (QED) is 0.398. The summed E-state index contributed by atoms with van der Waals surface area (Å²) in [4.78, 5) is 32.7. The van der Waals surface area contributed by atoms with Crippen molar-refractivity contribution >= 4 is 34.3 Å². The van der Waals surface area contributed by atoms with Gasteiger partial charge in [-0.15, -0.1) is 0 Å². The molecule has 3 heterocycles. The number of pyridine rings is 1. The Bertz CT molecular complexity index is 1390. The van der Waals surface area contributed by atoms with Gasteiger partial charge in [-0.05, 0) is 42.0 Å². The smallest absolute Gasteiger partial charge is 0.296 e. The van der Waals surface area contributed by atoms with E-state index in [1.807, 2.05) is 12.1 Å². The standard InChI is InChI=1S/C25H17ClN2O4/c1-2-13-31-17-10-7-15(8-11-17)22-21-23(29)18-5-3-4-6-19(18)32-24(21)25(30)28(22)20-12-9-16(26)14-27-20/h2-12,14,22H,1,13H2. The Kier molecular flexibility index (Phi) is 4.99. The van der Waals surface area contributed by atoms with Crippen molar-refractivity contribution in [3.8, 4) is 5.75 Å². The molecule has 0 fully saturated rings. The van der Waals surface area contributed by atoms with Gasteiger partial charge in [0.25, 0.3) is 5.91 Å². The molecule has 0 N–H and O–H groups in total. The van der Waals surface area contributed by atoms with Gasteiger partial charge in [0.1, 0.15) is 23.8 Å². The van der Waals surface area contributed by atoms with Gasteiger partial charge >= 0.3 is 0 Å². The number of hydrogen-bond acceptors (Lipinski definition) is 5. The number of nitrogens with zero attached hydrogens (tertiary/aromatic N) is 2. The third-order valence-corrected chi connectivity index (χ3v) is 5.52. The van der Waals surface area contributed by atoms with Crippen molar-refractivity contribution in [1.82, 2.24) is 4.98 Å². The maximum Gasteiger partial charge on any atom is 0.296 e. The number of carbonyl (C=O) groups excluding carboxylic acids is 1. The number of anilines is 1. The number of amides is 1. The molecule has 7 heteroatoms. The van der Waals surface area contributed by atoms with Crippen LogP contribution in [0.1, 0.15) is 27.7 Å². The Hall–Kier alpha value is -3.90. The summed E-state index contributed by atoms with van der Waals surface area (Å²) in [7, 11) is 0. The number of ether oxygens (including phenoxy) is 1. The van der Waals surface area contributed by atoms with Crippen molar-refractivity contribution in [1.29, 1.82) is 0 Å². The highest BCUT2D eigenvalue weighted by Crippen LogP contribution is 2.41. The molecule has 2 aromatic carbocycles. The average molecular weight is 445 g/mol. The monoisotopic (exact) mass is 444 g/mol. The molecule has 158 valence electrons. The fourth-order valence-corrected chi connectivity index (χ4v) is 4.00. The zero-order valence-corrected chi connectivity index (χ0v) is 17.6. The number of rotatable bonds is 5. The minimum atomic E-state index is -0.708. The summed E-state index contributed by atoms with van der Waals surface area (Å²) >= 11 is 6.00. The molecule has 1 amide bonds. The predicted octanol–water partition coefficient (Wildman–Crippen LogP) is 5.16. The van der Waals surface area contributed by atoms with Gasteiger partial charge in [0, 0.05) is 6.20 Å². The fraction of sp³-hybridized carbons (Fsp3) is 0.0800. The van der Waals surface area contributed by atoms with E-state index in [1.165, 1.54) is 11.1 Å². The second kappa shape index (κ2) is 7.98. The molecule has 6 nitrogen and oxygen atoms in total. The topological polar surface area (TPSA) is 72.6 Å². The number of benzene rings is 2. The lowest BCUT2D eigenvalue weighted by Gasteiger charge is -2.24. The number of carbonyl (C=O) groups is 1. The summed E-state index contributed by atoms with van der Waals surface area (Å²) in [5.41, 5.74) is 1.12. The summed E-state index contributed by atoms with van der Waals surface area (Å²) in [5, 5.41) is 0.860. The molecule has 0 saturated heterocycles. The van der Waals surface area contributed by atoms with Gasteiger partial charge in [-0.25, -0.2) is 4.98 Å². The Balaban J connectivity index is 1.71. The third kappa shape index (κ3) is 3.25. The minimum absolute atomic E-state index is 0.0161. The molecule has 1 aliphatic rings. The Morgan fingerprint density at radius 3 is 2.59 bits per heavy atom. The van der Waals surface area contributed by atoms with Gasteiger partial charge in [-0.2, -0.15) is 0 Å². The zero-order chi connectivity index (χ0) is 22.2. The van der Waals surface area contributed by atoms with Crippen molar-refractivity contribution in [3.05, 3.63) is 112 Å². The van der Waals surface area contributed by atoms with E-state index in [9.17, 15) is 9.59 Å². The lowest BCUT2D eigenvalue weighted by Crippen LogP contribution is -2.30. The molecule has 0 bridgehead atoms. The van der Waals surface area contributed by atoms with Gasteiger partial charge in [-0.1, -0.05) is 48.5 Å². The largest absolute Gasteiger partial charge is 0.490 e. The SMILES string of the molecule is C=CCOc1ccc(C2c3c(oc4ccccc4c3=O)C(=O)N2c2ccc(Cl)cn2)cc1. The number of halogens is 1. The van der Waals surface area contributed by atoms with E-state index >= 15 is 0 Å². The highest BCUT2D eigenvalue weighted by atomic mass is 35.5. The van der Waals surface area contributed by atoms with Crippen LogP contribution in [0, 0.1) is 0 Å². The van der Waals surface area contributed by atoms with Gasteiger partial charge < -0.3 is 9.15 Å². The zero-order valence-electron chi connectivity index (χ0n) is 16.8. The lowest BCUT2D eigenvalue weighted by atomic mass is 9.98. The normalized spacial score (nSPS) is 15.1. The van der Waals surface area contributed by atoms with E-state index in [0.717, 1.165) is 5.56 Å². The molecule has 0 saturated carbocycles. The van der Waals surface area contributed by atoms with Crippen LogP contribution in [0.2, 0.25) is 5.02 Å². The van der Waals surface area contributed by atoms with Crippen molar-refractivity contribution in [2.45, 2.75) is 6.04 Å². The first kappa shape index (κ1) is 20.0. The van der Waals surface area contributed by atoms with Crippen LogP contribution in [0.5, 0.6) is 5.75 Å². The third-order valence-electron chi connectivity index (χ3n) is 5.30. The van der Waals surface area contributed by atoms with Gasteiger partial charge in [0.2, 0.25) is 5.76 Å². The van der Waals surface area contributed by atoms with Crippen LogP contribution in [0.15, 0.2) is 88.7 Å². The summed E-state index contributed by atoms with van der Waals surface area (Å²) in [6.45, 7) is 4.02. The van der Waals surface area contributed by atoms with Crippen LogP contribution in [0.25, 0.3) is 11.0 Å². The van der Waals surface area contributed by atoms with Crippen LogP contribution < -0.4 is 15.1 Å². The predicted molar refractivity (Wildman–Crippen MR) is 123 cm³/mol. The molecule has 5 rings (SSSR count). The first-order valence-corrected chi connectivity index (χ1v) is 10.3. The van der Waals surface area contributed by atoms with E-state index < -0.39 is 11.9 Å². The van der Waals surface area contributed by atoms with Gasteiger partial charge in [-0.3, -0.25) is 14.5 Å². The Labute approximate surface area is 188 Å². The van der Waals surface area contributed by atoms with Crippen molar-refractivity contribution < 1.29 is 13.9 Å². The van der Waals surface area contributed by atoms with Gasteiger partial charge in [0.05, 0.1) is 22.0 Å². The molecule has 1 atom stereocenters. The number of aromatic nitrogens is 1. The maximum atomic E-state index is 13.5. The minimum Gasteiger partial charge on any atom is -0.490 e. The van der Waals surface area contributed by atoms with E-state index in [2.05, 4.69) is 11.6 Å². The first-order valence-electron chi connectivity index (χ1n) is 9.93. The van der Waals surface area contributed by atoms with Crippen LogP contribution in [-0.2, 0) is 0 Å². The van der Waals surface area contributed by atoms with Crippen molar-refractivity contribution in [3.63, 3.8) is 0 Å². The number of hydrogen-bond donors (Lipinski definition) is 0. The average Bonchev–Trinajstić information content (AvgIpc) is 3.11. The van der Waals surface area contributed by atoms with Gasteiger partial charge in [0.15, 0.2) is 5.43 Å². The number of fused-ring (bicyclic) bond motifs is 2. The molecular weight excluding hydrogens is 428 g/mol. The highest BCUT2D eigenvalue weighted by Gasteiger charge is 2.44. The van der Waals surface area contributed by atoms with E-state index in [4.69, 9.17) is 20.8 Å². The first-order chi connectivity index (χ1) is 15.6. The summed E-state index contributed by atoms with van der Waals surface area (Å²) in [6.07, 6.45) is 3.12. The van der Waals surface area contributed by atoms with Crippen LogP contribution >= 0.6 is 11.6 Å². The molecule has 4 aromatic rings. The molecule has 0 radical (unpaired) electrons. The molecule has 32 heavy (non-hydrogen) atoms. The molecule has 1 aliphatic heterocycles. The fourth-order valence-electron chi connectivity index (χ4n) is 3.88. The summed E-state index contributed by atoms with van der Waals surface area (Å²) in [6, 6.07) is 16.7. The molecular formula is C25H17ClN2O4. The van der Waals surface area contributed by atoms with Crippen LogP contribution in [0.3, 0.4) is 0 Å².